The van der Waals surface area contributed by atoms with Crippen molar-refractivity contribution < 1.29 is 24.2 Å². The summed E-state index contributed by atoms with van der Waals surface area (Å²) in [5.74, 6) is -0.641. The van der Waals surface area contributed by atoms with Crippen LogP contribution in [-0.4, -0.2) is 66.8 Å². The molecule has 2 aromatic rings. The van der Waals surface area contributed by atoms with Crippen LogP contribution in [0.3, 0.4) is 0 Å². The van der Waals surface area contributed by atoms with Gasteiger partial charge in [0.15, 0.2) is 5.78 Å². The molecule has 2 aliphatic heterocycles. The maximum Gasteiger partial charge on any atom is 0.305 e. The monoisotopic (exact) mass is 492 g/mol. The highest BCUT2D eigenvalue weighted by Crippen LogP contribution is 2.46. The summed E-state index contributed by atoms with van der Waals surface area (Å²) in [5.41, 5.74) is 3.75. The second-order valence-electron chi connectivity index (χ2n) is 9.82. The van der Waals surface area contributed by atoms with Gasteiger partial charge in [0.2, 0.25) is 0 Å². The Hall–Kier alpha value is -3.88. The van der Waals surface area contributed by atoms with Crippen LogP contribution in [0.5, 0.6) is 5.75 Å². The number of nitrogens with one attached hydrogen (secondary N) is 2. The molecule has 0 bridgehead atoms. The lowest BCUT2D eigenvalue weighted by atomic mass is 9.78. The molecule has 0 saturated heterocycles. The standard InChI is InChI=1S/C27H32N4O5/c1-6-36-22-10-16-13-31(25(28)17(16)11-18(22)26(35)29-4)14-21(32)15-7-8-20-19(9-15)27(2,3)23(30(20)5)12-24(33)34/h7-11,23,28H,6,12-14H2,1-5H3,(H,29,35)(H,33,34). The number of likely N-dealkylation sites (N-methyl/N-ethyl adjacent to an activating group) is 1. The molecule has 1 unspecified atom stereocenters. The van der Waals surface area contributed by atoms with Crippen LogP contribution < -0.4 is 15.0 Å². The lowest BCUT2D eigenvalue weighted by molar-refractivity contribution is -0.137. The van der Waals surface area contributed by atoms with Gasteiger partial charge in [-0.25, -0.2) is 0 Å². The fraction of sp³-hybridized carbons (Fsp3) is 0.407. The second kappa shape index (κ2) is 9.29. The number of aliphatic carboxylic acids is 1. The number of nitrogens with zero attached hydrogens (tertiary/aromatic N) is 2. The number of amides is 1. The topological polar surface area (TPSA) is 123 Å². The molecule has 0 aliphatic carbocycles. The minimum Gasteiger partial charge on any atom is -0.493 e. The summed E-state index contributed by atoms with van der Waals surface area (Å²) in [4.78, 5) is 40.7. The zero-order valence-electron chi connectivity index (χ0n) is 21.3. The van der Waals surface area contributed by atoms with Gasteiger partial charge in [0.05, 0.1) is 25.1 Å². The van der Waals surface area contributed by atoms with Crippen LogP contribution in [0.4, 0.5) is 5.69 Å². The molecule has 2 aromatic carbocycles. The molecule has 0 radical (unpaired) electrons. The SMILES string of the molecule is CCOc1cc2c(cc1C(=O)NC)C(=N)N(CC(=O)c1ccc3c(c1)C(C)(C)C(CC(=O)O)N3C)C2. The number of carboxylic acid groups (broad SMARTS) is 1. The lowest BCUT2D eigenvalue weighted by Gasteiger charge is -2.31. The minimum absolute atomic E-state index is 0.00638. The fourth-order valence-electron chi connectivity index (χ4n) is 5.34. The second-order valence-corrected chi connectivity index (χ2v) is 9.82. The maximum atomic E-state index is 13.3. The Morgan fingerprint density at radius 3 is 2.58 bits per heavy atom. The maximum absolute atomic E-state index is 13.3. The van der Waals surface area contributed by atoms with Gasteiger partial charge >= 0.3 is 5.97 Å². The summed E-state index contributed by atoms with van der Waals surface area (Å²) in [6.07, 6.45) is 0.00638. The Kier molecular flexibility index (Phi) is 6.51. The molecule has 2 aliphatic rings. The van der Waals surface area contributed by atoms with Crippen LogP contribution in [-0.2, 0) is 16.8 Å². The van der Waals surface area contributed by atoms with E-state index in [0.29, 0.717) is 35.6 Å². The summed E-state index contributed by atoms with van der Waals surface area (Å²) < 4.78 is 5.65. The quantitative estimate of drug-likeness (QED) is 0.484. The van der Waals surface area contributed by atoms with Crippen molar-refractivity contribution in [1.29, 1.82) is 5.41 Å². The predicted octanol–water partition coefficient (Wildman–Crippen LogP) is 3.04. The third kappa shape index (κ3) is 4.19. The van der Waals surface area contributed by atoms with Gasteiger partial charge in [0.25, 0.3) is 5.91 Å². The lowest BCUT2D eigenvalue weighted by Crippen LogP contribution is -2.40. The van der Waals surface area contributed by atoms with Crippen LogP contribution in [0.2, 0.25) is 0 Å². The fourth-order valence-corrected chi connectivity index (χ4v) is 5.34. The normalized spacial score (nSPS) is 17.6. The molecule has 0 saturated carbocycles. The Labute approximate surface area is 210 Å². The first-order valence-corrected chi connectivity index (χ1v) is 12.0. The van der Waals surface area contributed by atoms with Gasteiger partial charge < -0.3 is 25.0 Å². The summed E-state index contributed by atoms with van der Waals surface area (Å²) >= 11 is 0. The van der Waals surface area contributed by atoms with Crippen molar-refractivity contribution in [3.8, 4) is 5.75 Å². The van der Waals surface area contributed by atoms with Gasteiger partial charge in [-0.2, -0.15) is 0 Å². The zero-order chi connectivity index (χ0) is 26.4. The van der Waals surface area contributed by atoms with Crippen molar-refractivity contribution in [2.45, 2.75) is 45.2 Å². The third-order valence-corrected chi connectivity index (χ3v) is 7.31. The van der Waals surface area contributed by atoms with E-state index in [1.165, 1.54) is 0 Å². The predicted molar refractivity (Wildman–Crippen MR) is 136 cm³/mol. The van der Waals surface area contributed by atoms with E-state index in [0.717, 1.165) is 16.8 Å². The number of carbonyl (C=O) groups is 3. The Balaban J connectivity index is 1.57. The highest BCUT2D eigenvalue weighted by Gasteiger charge is 2.44. The van der Waals surface area contributed by atoms with Crippen molar-refractivity contribution >= 4 is 29.2 Å². The molecule has 36 heavy (non-hydrogen) atoms. The first-order chi connectivity index (χ1) is 17.0. The van der Waals surface area contributed by atoms with Crippen molar-refractivity contribution in [3.05, 3.63) is 58.1 Å². The van der Waals surface area contributed by atoms with Crippen LogP contribution in [0.25, 0.3) is 0 Å². The molecular formula is C27H32N4O5. The number of anilines is 1. The Bertz CT molecular complexity index is 1270. The van der Waals surface area contributed by atoms with E-state index in [9.17, 15) is 19.5 Å². The van der Waals surface area contributed by atoms with E-state index in [4.69, 9.17) is 10.1 Å². The minimum atomic E-state index is -0.858. The number of fused-ring (bicyclic) bond motifs is 2. The smallest absolute Gasteiger partial charge is 0.305 e. The molecule has 4 rings (SSSR count). The zero-order valence-corrected chi connectivity index (χ0v) is 21.3. The summed E-state index contributed by atoms with van der Waals surface area (Å²) in [7, 11) is 3.43. The molecule has 9 heteroatoms. The number of rotatable bonds is 8. The van der Waals surface area contributed by atoms with E-state index in [2.05, 4.69) is 5.32 Å². The number of Topliss-reactive ketones (excluding diaryl/α,β-unsaturated/α-hetero) is 1. The number of hydrogen-bond acceptors (Lipinski definition) is 6. The van der Waals surface area contributed by atoms with E-state index >= 15 is 0 Å². The molecule has 1 atom stereocenters. The Morgan fingerprint density at radius 2 is 1.94 bits per heavy atom. The molecule has 9 nitrogen and oxygen atoms in total. The first-order valence-electron chi connectivity index (χ1n) is 12.0. The number of hydrogen-bond donors (Lipinski definition) is 3. The highest BCUT2D eigenvalue weighted by molar-refractivity contribution is 6.07. The summed E-state index contributed by atoms with van der Waals surface area (Å²) in [6.45, 7) is 6.63. The van der Waals surface area contributed by atoms with Gasteiger partial charge in [-0.3, -0.25) is 19.8 Å². The largest absolute Gasteiger partial charge is 0.493 e. The number of ether oxygens (including phenoxy) is 1. The molecule has 3 N–H and O–H groups in total. The molecular weight excluding hydrogens is 460 g/mol. The summed E-state index contributed by atoms with van der Waals surface area (Å²) in [5, 5.41) is 20.6. The number of benzene rings is 2. The number of amidine groups is 1. The van der Waals surface area contributed by atoms with Crippen molar-refractivity contribution in [2.24, 2.45) is 0 Å². The van der Waals surface area contributed by atoms with E-state index in [-0.39, 0.29) is 36.5 Å². The van der Waals surface area contributed by atoms with E-state index < -0.39 is 11.4 Å². The van der Waals surface area contributed by atoms with Crippen LogP contribution in [0.1, 0.15) is 64.6 Å². The molecule has 190 valence electrons. The van der Waals surface area contributed by atoms with Gasteiger partial charge in [-0.15, -0.1) is 0 Å². The van der Waals surface area contributed by atoms with Crippen LogP contribution >= 0.6 is 0 Å². The first kappa shape index (κ1) is 25.2. The van der Waals surface area contributed by atoms with Gasteiger partial charge in [0, 0.05) is 48.9 Å². The molecule has 1 amide bonds. The average Bonchev–Trinajstić information content (AvgIpc) is 3.23. The summed E-state index contributed by atoms with van der Waals surface area (Å²) in [6, 6.07) is 8.72. The Morgan fingerprint density at radius 1 is 1.22 bits per heavy atom. The highest BCUT2D eigenvalue weighted by atomic mass is 16.5. The average molecular weight is 493 g/mol. The van der Waals surface area contributed by atoms with Crippen LogP contribution in [0.15, 0.2) is 30.3 Å². The van der Waals surface area contributed by atoms with Gasteiger partial charge in [-0.05, 0) is 48.4 Å². The molecule has 0 spiro atoms. The van der Waals surface area contributed by atoms with Gasteiger partial charge in [0.1, 0.15) is 11.6 Å². The number of carboxylic acids is 1. The van der Waals surface area contributed by atoms with Crippen molar-refractivity contribution in [3.63, 3.8) is 0 Å². The molecule has 0 fully saturated rings. The molecule has 0 aromatic heterocycles. The molecule has 2 heterocycles. The van der Waals surface area contributed by atoms with Gasteiger partial charge in [-0.1, -0.05) is 13.8 Å². The van der Waals surface area contributed by atoms with Crippen molar-refractivity contribution in [2.75, 3.05) is 32.1 Å². The van der Waals surface area contributed by atoms with Crippen LogP contribution in [0, 0.1) is 5.41 Å². The number of carbonyl (C=O) groups excluding carboxylic acids is 2. The number of ketones is 1. The van der Waals surface area contributed by atoms with E-state index in [1.54, 1.807) is 30.1 Å². The van der Waals surface area contributed by atoms with E-state index in [1.807, 2.05) is 44.9 Å². The third-order valence-electron chi connectivity index (χ3n) is 7.31. The van der Waals surface area contributed by atoms with Crippen molar-refractivity contribution in [1.82, 2.24) is 10.2 Å².